The number of aliphatic hydroxyl groups excluding tert-OH is 1. The highest BCUT2D eigenvalue weighted by molar-refractivity contribution is 6.18. The molecule has 2 atom stereocenters. The van der Waals surface area contributed by atoms with Crippen LogP contribution in [0.2, 0.25) is 0 Å². The maximum atomic E-state index is 13.2. The van der Waals surface area contributed by atoms with Crippen LogP contribution < -0.4 is 27.0 Å². The average Bonchev–Trinajstić information content (AvgIpc) is 3.25. The Morgan fingerprint density at radius 1 is 0.902 bits per heavy atom. The van der Waals surface area contributed by atoms with E-state index in [2.05, 4.69) is 21.3 Å². The van der Waals surface area contributed by atoms with E-state index in [4.69, 9.17) is 5.73 Å². The summed E-state index contributed by atoms with van der Waals surface area (Å²) in [4.78, 5) is 73.2. The molecule has 7 N–H and O–H groups in total. The lowest BCUT2D eigenvalue weighted by Gasteiger charge is -2.25. The van der Waals surface area contributed by atoms with Crippen molar-refractivity contribution in [3.8, 4) is 0 Å². The highest BCUT2D eigenvalue weighted by Crippen LogP contribution is 2.19. The second-order valence-electron chi connectivity index (χ2n) is 10.4. The molecule has 1 aromatic carbocycles. The monoisotopic (exact) mass is 571 g/mol. The van der Waals surface area contributed by atoms with E-state index in [1.54, 1.807) is 38.1 Å². The number of allylic oxidation sites excluding steroid dienone is 2. The van der Waals surface area contributed by atoms with Crippen molar-refractivity contribution in [2.45, 2.75) is 77.5 Å². The van der Waals surface area contributed by atoms with E-state index in [9.17, 15) is 33.9 Å². The van der Waals surface area contributed by atoms with E-state index in [1.807, 2.05) is 0 Å². The predicted molar refractivity (Wildman–Crippen MR) is 152 cm³/mol. The van der Waals surface area contributed by atoms with Gasteiger partial charge in [-0.25, -0.2) is 4.79 Å². The van der Waals surface area contributed by atoms with Crippen LogP contribution in [-0.4, -0.2) is 59.1 Å². The Morgan fingerprint density at radius 3 is 2.15 bits per heavy atom. The number of anilines is 1. The zero-order chi connectivity index (χ0) is 30.4. The van der Waals surface area contributed by atoms with Crippen LogP contribution in [0.4, 0.5) is 10.5 Å². The van der Waals surface area contributed by atoms with Gasteiger partial charge in [0, 0.05) is 18.7 Å². The van der Waals surface area contributed by atoms with E-state index in [0.717, 1.165) is 0 Å². The van der Waals surface area contributed by atoms with Crippen molar-refractivity contribution in [2.24, 2.45) is 17.6 Å². The molecule has 0 bridgehead atoms. The molecule has 0 aromatic heterocycles. The number of benzene rings is 1. The highest BCUT2D eigenvalue weighted by atomic mass is 16.3. The minimum Gasteiger partial charge on any atom is -0.392 e. The van der Waals surface area contributed by atoms with Gasteiger partial charge in [0.25, 0.3) is 0 Å². The number of primary amides is 1. The number of nitrogens with one attached hydrogen (secondary N) is 4. The summed E-state index contributed by atoms with van der Waals surface area (Å²) in [6, 6.07) is 4.06. The molecule has 0 heterocycles. The van der Waals surface area contributed by atoms with Crippen LogP contribution in [0.5, 0.6) is 0 Å². The standard InChI is InChI=1S/C29H41N5O7/c1-18(2)26(34-25(38)9-5-3-4-7-21-23(36)14-15-24(21)37)28(40)33-22(8-6-16-31-29(30)41)27(39)32-20-12-10-19(17-35)11-13-20/h10-15,18,21-22,26,35H,3-9,16-17H2,1-2H3,(H,32,39)(H,33,40)(H,34,38)(H3,30,31,41)/t22-,26-/m0/s1. The normalized spacial score (nSPS) is 14.5. The van der Waals surface area contributed by atoms with Gasteiger partial charge in [0.1, 0.15) is 12.1 Å². The molecule has 12 nitrogen and oxygen atoms in total. The van der Waals surface area contributed by atoms with Crippen LogP contribution >= 0.6 is 0 Å². The molecule has 224 valence electrons. The van der Waals surface area contributed by atoms with Gasteiger partial charge in [-0.3, -0.25) is 24.0 Å². The molecule has 2 rings (SSSR count). The van der Waals surface area contributed by atoms with Crippen molar-refractivity contribution in [1.82, 2.24) is 16.0 Å². The first-order valence-corrected chi connectivity index (χ1v) is 13.9. The van der Waals surface area contributed by atoms with E-state index in [1.165, 1.54) is 12.2 Å². The Balaban J connectivity index is 1.92. The minimum atomic E-state index is -0.955. The molecule has 41 heavy (non-hydrogen) atoms. The molecule has 1 aliphatic rings. The number of hydrogen-bond acceptors (Lipinski definition) is 7. The number of aliphatic hydroxyl groups is 1. The Kier molecular flexibility index (Phi) is 13.7. The average molecular weight is 572 g/mol. The van der Waals surface area contributed by atoms with E-state index in [0.29, 0.717) is 43.4 Å². The molecule has 0 radical (unpaired) electrons. The molecule has 0 unspecified atom stereocenters. The van der Waals surface area contributed by atoms with Crippen molar-refractivity contribution < 1.29 is 33.9 Å². The third-order valence-corrected chi connectivity index (χ3v) is 6.77. The fraction of sp³-hybridized carbons (Fsp3) is 0.517. The van der Waals surface area contributed by atoms with Gasteiger partial charge < -0.3 is 32.1 Å². The highest BCUT2D eigenvalue weighted by Gasteiger charge is 2.29. The third-order valence-electron chi connectivity index (χ3n) is 6.77. The van der Waals surface area contributed by atoms with Crippen LogP contribution in [0, 0.1) is 11.8 Å². The minimum absolute atomic E-state index is 0.137. The van der Waals surface area contributed by atoms with Gasteiger partial charge in [-0.2, -0.15) is 0 Å². The maximum absolute atomic E-state index is 13.2. The summed E-state index contributed by atoms with van der Waals surface area (Å²) < 4.78 is 0. The summed E-state index contributed by atoms with van der Waals surface area (Å²) in [5.74, 6) is -2.52. The molecule has 0 spiro atoms. The fourth-order valence-corrected chi connectivity index (χ4v) is 4.38. The number of carbonyl (C=O) groups is 6. The van der Waals surface area contributed by atoms with Crippen LogP contribution in [0.1, 0.15) is 64.4 Å². The van der Waals surface area contributed by atoms with Crippen LogP contribution in [0.15, 0.2) is 36.4 Å². The molecule has 0 saturated heterocycles. The number of carbonyl (C=O) groups excluding carboxylic acids is 6. The van der Waals surface area contributed by atoms with Crippen LogP contribution in [-0.2, 0) is 30.6 Å². The molecule has 5 amide bonds. The number of nitrogens with two attached hydrogens (primary N) is 1. The van der Waals surface area contributed by atoms with Gasteiger partial charge in [-0.05, 0) is 61.4 Å². The smallest absolute Gasteiger partial charge is 0.312 e. The second kappa shape index (κ2) is 16.9. The number of rotatable bonds is 17. The lowest BCUT2D eigenvalue weighted by Crippen LogP contribution is -2.54. The summed E-state index contributed by atoms with van der Waals surface area (Å²) in [5, 5.41) is 19.9. The molecular weight excluding hydrogens is 530 g/mol. The molecule has 1 aliphatic carbocycles. The lowest BCUT2D eigenvalue weighted by molar-refractivity contribution is -0.132. The fourth-order valence-electron chi connectivity index (χ4n) is 4.38. The Labute approximate surface area is 239 Å². The van der Waals surface area contributed by atoms with Gasteiger partial charge in [0.05, 0.1) is 12.5 Å². The molecular formula is C29H41N5O7. The molecule has 1 aromatic rings. The zero-order valence-corrected chi connectivity index (χ0v) is 23.6. The SMILES string of the molecule is CC(C)[C@H](NC(=O)CCCCCC1C(=O)C=CC1=O)C(=O)N[C@@H](CCCNC(N)=O)C(=O)Nc1ccc(CO)cc1. The van der Waals surface area contributed by atoms with E-state index >= 15 is 0 Å². The number of hydrogen-bond donors (Lipinski definition) is 6. The van der Waals surface area contributed by atoms with Crippen molar-refractivity contribution in [3.63, 3.8) is 0 Å². The van der Waals surface area contributed by atoms with E-state index in [-0.39, 0.29) is 49.4 Å². The van der Waals surface area contributed by atoms with Gasteiger partial charge >= 0.3 is 6.03 Å². The van der Waals surface area contributed by atoms with Crippen molar-refractivity contribution in [1.29, 1.82) is 0 Å². The van der Waals surface area contributed by atoms with Crippen LogP contribution in [0.25, 0.3) is 0 Å². The summed E-state index contributed by atoms with van der Waals surface area (Å²) in [6.07, 6.45) is 5.62. The largest absolute Gasteiger partial charge is 0.392 e. The predicted octanol–water partition coefficient (Wildman–Crippen LogP) is 1.47. The van der Waals surface area contributed by atoms with Crippen molar-refractivity contribution in [3.05, 3.63) is 42.0 Å². The molecule has 0 aliphatic heterocycles. The Morgan fingerprint density at radius 2 is 1.56 bits per heavy atom. The number of amides is 5. The Hall–Kier alpha value is -4.06. The van der Waals surface area contributed by atoms with Gasteiger partial charge in [-0.1, -0.05) is 38.8 Å². The summed E-state index contributed by atoms with van der Waals surface area (Å²) in [5.41, 5.74) is 6.26. The summed E-state index contributed by atoms with van der Waals surface area (Å²) in [6.45, 7) is 3.64. The third kappa shape index (κ3) is 11.5. The molecule has 0 saturated carbocycles. The number of unbranched alkanes of at least 4 members (excludes halogenated alkanes) is 2. The zero-order valence-electron chi connectivity index (χ0n) is 23.6. The quantitative estimate of drug-likeness (QED) is 0.120. The Bertz CT molecular complexity index is 1100. The first-order valence-electron chi connectivity index (χ1n) is 13.9. The van der Waals surface area contributed by atoms with Gasteiger partial charge in [0.15, 0.2) is 11.6 Å². The first kappa shape index (κ1) is 33.1. The number of ketones is 2. The van der Waals surface area contributed by atoms with Crippen molar-refractivity contribution in [2.75, 3.05) is 11.9 Å². The van der Waals surface area contributed by atoms with Crippen LogP contribution in [0.3, 0.4) is 0 Å². The first-order chi connectivity index (χ1) is 19.5. The molecule has 0 fully saturated rings. The van der Waals surface area contributed by atoms with Gasteiger partial charge in [-0.15, -0.1) is 0 Å². The maximum Gasteiger partial charge on any atom is 0.312 e. The second-order valence-corrected chi connectivity index (χ2v) is 10.4. The van der Waals surface area contributed by atoms with Crippen molar-refractivity contribution >= 4 is 41.0 Å². The summed E-state index contributed by atoms with van der Waals surface area (Å²) in [7, 11) is 0. The van der Waals surface area contributed by atoms with Gasteiger partial charge in [0.2, 0.25) is 17.7 Å². The lowest BCUT2D eigenvalue weighted by atomic mass is 9.97. The van der Waals surface area contributed by atoms with E-state index < -0.39 is 35.8 Å². The molecule has 12 heteroatoms. The summed E-state index contributed by atoms with van der Waals surface area (Å²) >= 11 is 0. The number of urea groups is 1. The topological polar surface area (TPSA) is 197 Å².